The highest BCUT2D eigenvalue weighted by molar-refractivity contribution is 7.17. The molecule has 0 fully saturated rings. The Balaban J connectivity index is 2.27. The maximum absolute atomic E-state index is 5.96. The van der Waals surface area contributed by atoms with Gasteiger partial charge in [-0.25, -0.2) is 0 Å². The van der Waals surface area contributed by atoms with Crippen molar-refractivity contribution in [3.8, 4) is 11.4 Å². The number of nitrogens with zero attached hydrogens (tertiary/aromatic N) is 3. The largest absolute Gasteiger partial charge is 0.398 e. The highest BCUT2D eigenvalue weighted by atomic mass is 32.1. The second kappa shape index (κ2) is 3.81. The molecule has 18 heavy (non-hydrogen) atoms. The van der Waals surface area contributed by atoms with E-state index in [0.29, 0.717) is 0 Å². The van der Waals surface area contributed by atoms with E-state index >= 15 is 0 Å². The molecule has 3 rings (SSSR count). The van der Waals surface area contributed by atoms with Gasteiger partial charge in [0.2, 0.25) is 4.96 Å². The number of aryl methyl sites for hydroxylation is 3. The molecule has 92 valence electrons. The van der Waals surface area contributed by atoms with Crippen molar-refractivity contribution in [1.82, 2.24) is 14.6 Å². The van der Waals surface area contributed by atoms with Gasteiger partial charge in [-0.05, 0) is 32.4 Å². The summed E-state index contributed by atoms with van der Waals surface area (Å²) in [6.45, 7) is 6.18. The number of aromatic nitrogens is 3. The van der Waals surface area contributed by atoms with E-state index in [1.165, 1.54) is 10.6 Å². The van der Waals surface area contributed by atoms with Crippen LogP contribution < -0.4 is 5.73 Å². The van der Waals surface area contributed by atoms with Gasteiger partial charge in [0.15, 0.2) is 5.82 Å². The van der Waals surface area contributed by atoms with E-state index in [2.05, 4.69) is 28.4 Å². The SMILES string of the molecule is Cc1ccc(-c2nnc3sc(C)c(C)n23)cc1N. The van der Waals surface area contributed by atoms with Crippen molar-refractivity contribution >= 4 is 22.0 Å². The summed E-state index contributed by atoms with van der Waals surface area (Å²) in [5.74, 6) is 0.860. The third-order valence-corrected chi connectivity index (χ3v) is 4.31. The molecule has 0 saturated carbocycles. The van der Waals surface area contributed by atoms with Gasteiger partial charge < -0.3 is 5.73 Å². The van der Waals surface area contributed by atoms with E-state index in [-0.39, 0.29) is 0 Å². The third-order valence-electron chi connectivity index (χ3n) is 3.26. The van der Waals surface area contributed by atoms with Crippen molar-refractivity contribution in [2.75, 3.05) is 5.73 Å². The minimum absolute atomic E-state index is 0.786. The number of fused-ring (bicyclic) bond motifs is 1. The first kappa shape index (κ1) is 11.2. The molecule has 5 heteroatoms. The molecule has 0 aliphatic rings. The van der Waals surface area contributed by atoms with E-state index in [1.54, 1.807) is 11.3 Å². The predicted molar refractivity (Wildman–Crippen MR) is 74.9 cm³/mol. The van der Waals surface area contributed by atoms with E-state index in [1.807, 2.05) is 25.1 Å². The van der Waals surface area contributed by atoms with Crippen LogP contribution in [0.5, 0.6) is 0 Å². The van der Waals surface area contributed by atoms with Crippen LogP contribution in [0.4, 0.5) is 5.69 Å². The van der Waals surface area contributed by atoms with Crippen LogP contribution in [0.3, 0.4) is 0 Å². The molecule has 0 spiro atoms. The minimum atomic E-state index is 0.786. The molecule has 0 unspecified atom stereocenters. The Morgan fingerprint density at radius 3 is 2.67 bits per heavy atom. The van der Waals surface area contributed by atoms with Gasteiger partial charge in [-0.1, -0.05) is 23.5 Å². The van der Waals surface area contributed by atoms with Crippen molar-refractivity contribution in [2.24, 2.45) is 0 Å². The number of nitrogen functional groups attached to an aromatic ring is 1. The van der Waals surface area contributed by atoms with Gasteiger partial charge in [-0.3, -0.25) is 4.40 Å². The quantitative estimate of drug-likeness (QED) is 0.683. The summed E-state index contributed by atoms with van der Waals surface area (Å²) in [5.41, 5.74) is 10.0. The van der Waals surface area contributed by atoms with E-state index in [0.717, 1.165) is 27.6 Å². The van der Waals surface area contributed by atoms with Crippen LogP contribution in [-0.2, 0) is 0 Å². The number of anilines is 1. The number of benzene rings is 1. The standard InChI is InChI=1S/C13H14N4S/c1-7-4-5-10(6-11(7)14)12-15-16-13-17(12)8(2)9(3)18-13/h4-6H,14H2,1-3H3. The maximum Gasteiger partial charge on any atom is 0.216 e. The molecule has 0 radical (unpaired) electrons. The molecule has 3 aromatic rings. The monoisotopic (exact) mass is 258 g/mol. The lowest BCUT2D eigenvalue weighted by molar-refractivity contribution is 1.08. The second-order valence-corrected chi connectivity index (χ2v) is 5.64. The normalized spacial score (nSPS) is 11.3. The summed E-state index contributed by atoms with van der Waals surface area (Å²) in [7, 11) is 0. The predicted octanol–water partition coefficient (Wildman–Crippen LogP) is 2.97. The maximum atomic E-state index is 5.96. The van der Waals surface area contributed by atoms with Gasteiger partial charge in [-0.2, -0.15) is 0 Å². The number of rotatable bonds is 1. The number of thiazole rings is 1. The van der Waals surface area contributed by atoms with Crippen molar-refractivity contribution < 1.29 is 0 Å². The van der Waals surface area contributed by atoms with Crippen LogP contribution in [0.1, 0.15) is 16.1 Å². The first-order valence-corrected chi connectivity index (χ1v) is 6.57. The van der Waals surface area contributed by atoms with Crippen LogP contribution >= 0.6 is 11.3 Å². The van der Waals surface area contributed by atoms with Crippen LogP contribution in [-0.4, -0.2) is 14.6 Å². The minimum Gasteiger partial charge on any atom is -0.398 e. The van der Waals surface area contributed by atoms with Gasteiger partial charge in [0, 0.05) is 21.8 Å². The molecule has 2 aromatic heterocycles. The molecule has 0 aliphatic heterocycles. The fourth-order valence-corrected chi connectivity index (χ4v) is 2.88. The highest BCUT2D eigenvalue weighted by Gasteiger charge is 2.14. The molecule has 4 nitrogen and oxygen atoms in total. The summed E-state index contributed by atoms with van der Waals surface area (Å²) in [4.78, 5) is 2.19. The molecule has 0 saturated heterocycles. The molecular weight excluding hydrogens is 244 g/mol. The fourth-order valence-electron chi connectivity index (χ4n) is 1.97. The second-order valence-electron chi connectivity index (χ2n) is 4.46. The Hall–Kier alpha value is -1.88. The first-order chi connectivity index (χ1) is 8.58. The van der Waals surface area contributed by atoms with Gasteiger partial charge in [-0.15, -0.1) is 10.2 Å². The molecule has 0 bridgehead atoms. The van der Waals surface area contributed by atoms with Gasteiger partial charge >= 0.3 is 0 Å². The topological polar surface area (TPSA) is 56.2 Å². The molecular formula is C13H14N4S. The van der Waals surface area contributed by atoms with E-state index < -0.39 is 0 Å². The highest BCUT2D eigenvalue weighted by Crippen LogP contribution is 2.28. The summed E-state index contributed by atoms with van der Waals surface area (Å²) in [6.07, 6.45) is 0. The Bertz CT molecular complexity index is 739. The van der Waals surface area contributed by atoms with E-state index in [9.17, 15) is 0 Å². The van der Waals surface area contributed by atoms with Crippen LogP contribution in [0.2, 0.25) is 0 Å². The zero-order chi connectivity index (χ0) is 12.9. The summed E-state index contributed by atoms with van der Waals surface area (Å²) < 4.78 is 2.09. The van der Waals surface area contributed by atoms with Gasteiger partial charge in [0.05, 0.1) is 0 Å². The summed E-state index contributed by atoms with van der Waals surface area (Å²) >= 11 is 1.66. The van der Waals surface area contributed by atoms with E-state index in [4.69, 9.17) is 5.73 Å². The smallest absolute Gasteiger partial charge is 0.216 e. The average Bonchev–Trinajstić information content (AvgIpc) is 2.85. The Kier molecular flexibility index (Phi) is 2.38. The molecule has 0 atom stereocenters. The lowest BCUT2D eigenvalue weighted by atomic mass is 10.1. The lowest BCUT2D eigenvalue weighted by Crippen LogP contribution is -1.94. The first-order valence-electron chi connectivity index (χ1n) is 5.75. The number of nitrogens with two attached hydrogens (primary N) is 1. The van der Waals surface area contributed by atoms with Crippen LogP contribution in [0.25, 0.3) is 16.3 Å². The summed E-state index contributed by atoms with van der Waals surface area (Å²) in [6, 6.07) is 6.01. The van der Waals surface area contributed by atoms with Gasteiger partial charge in [0.1, 0.15) is 0 Å². The zero-order valence-corrected chi connectivity index (χ0v) is 11.4. The molecule has 1 aromatic carbocycles. The van der Waals surface area contributed by atoms with Crippen LogP contribution in [0, 0.1) is 20.8 Å². The number of hydrogen-bond donors (Lipinski definition) is 1. The van der Waals surface area contributed by atoms with Crippen molar-refractivity contribution in [3.05, 3.63) is 34.3 Å². The van der Waals surface area contributed by atoms with Crippen molar-refractivity contribution in [3.63, 3.8) is 0 Å². The van der Waals surface area contributed by atoms with Crippen molar-refractivity contribution in [1.29, 1.82) is 0 Å². The summed E-state index contributed by atoms with van der Waals surface area (Å²) in [5, 5.41) is 8.49. The van der Waals surface area contributed by atoms with Crippen molar-refractivity contribution in [2.45, 2.75) is 20.8 Å². The van der Waals surface area contributed by atoms with Gasteiger partial charge in [0.25, 0.3) is 0 Å². The Labute approximate surface area is 109 Å². The lowest BCUT2D eigenvalue weighted by Gasteiger charge is -2.04. The molecule has 0 aliphatic carbocycles. The molecule has 2 heterocycles. The average molecular weight is 258 g/mol. The molecule has 2 N–H and O–H groups in total. The molecule has 0 amide bonds. The zero-order valence-electron chi connectivity index (χ0n) is 10.6. The Morgan fingerprint density at radius 1 is 1.17 bits per heavy atom. The fraction of sp³-hybridized carbons (Fsp3) is 0.231. The third kappa shape index (κ3) is 1.51. The van der Waals surface area contributed by atoms with Crippen LogP contribution in [0.15, 0.2) is 18.2 Å². The number of hydrogen-bond acceptors (Lipinski definition) is 4. The Morgan fingerprint density at radius 2 is 1.94 bits per heavy atom.